The molecule has 2 aromatic heterocycles. The number of nitriles is 1. The summed E-state index contributed by atoms with van der Waals surface area (Å²) in [7, 11) is 2.10. The van der Waals surface area contributed by atoms with Crippen molar-refractivity contribution in [2.45, 2.75) is 26.3 Å². The summed E-state index contributed by atoms with van der Waals surface area (Å²) < 4.78 is 7.53. The number of benzene rings is 2. The molecule has 7 heteroatoms. The summed E-state index contributed by atoms with van der Waals surface area (Å²) in [6, 6.07) is 15.0. The average Bonchev–Trinajstić information content (AvgIpc) is 3.19. The van der Waals surface area contributed by atoms with E-state index in [9.17, 15) is 5.26 Å². The van der Waals surface area contributed by atoms with Crippen LogP contribution in [0, 0.1) is 16.7 Å². The van der Waals surface area contributed by atoms with Crippen LogP contribution in [0.25, 0.3) is 33.1 Å². The first kappa shape index (κ1) is 20.4. The zero-order valence-corrected chi connectivity index (χ0v) is 18.5. The lowest BCUT2D eigenvalue weighted by Gasteiger charge is -2.35. The number of ether oxygens (including phenoxy) is 1. The van der Waals surface area contributed by atoms with E-state index >= 15 is 0 Å². The first-order chi connectivity index (χ1) is 15.6. The Kier molecular flexibility index (Phi) is 5.24. The Morgan fingerprint density at radius 1 is 1.12 bits per heavy atom. The quantitative estimate of drug-likeness (QED) is 0.474. The van der Waals surface area contributed by atoms with Crippen molar-refractivity contribution in [3.05, 3.63) is 48.9 Å². The van der Waals surface area contributed by atoms with Crippen LogP contribution in [-0.4, -0.2) is 51.4 Å². The van der Waals surface area contributed by atoms with Gasteiger partial charge < -0.3 is 9.64 Å². The van der Waals surface area contributed by atoms with E-state index in [1.807, 2.05) is 23.9 Å². The summed E-state index contributed by atoms with van der Waals surface area (Å²) in [6.07, 6.45) is 5.03. The first-order valence-electron chi connectivity index (χ1n) is 11.0. The fourth-order valence-electron chi connectivity index (χ4n) is 4.51. The summed E-state index contributed by atoms with van der Waals surface area (Å²) in [4.78, 5) is 11.0. The van der Waals surface area contributed by atoms with Gasteiger partial charge in [-0.2, -0.15) is 10.4 Å². The van der Waals surface area contributed by atoms with Gasteiger partial charge in [0.2, 0.25) is 0 Å². The van der Waals surface area contributed by atoms with Crippen molar-refractivity contribution in [3.63, 3.8) is 0 Å². The molecular weight excluding hydrogens is 400 g/mol. The summed E-state index contributed by atoms with van der Waals surface area (Å²) in [6.45, 7) is 5.01. The highest BCUT2D eigenvalue weighted by molar-refractivity contribution is 5.95. The number of aromatic nitrogens is 4. The molecule has 1 saturated heterocycles. The molecule has 7 nitrogen and oxygen atoms in total. The van der Waals surface area contributed by atoms with Gasteiger partial charge in [-0.15, -0.1) is 0 Å². The Hall–Kier alpha value is -3.50. The smallest absolute Gasteiger partial charge is 0.161 e. The third-order valence-corrected chi connectivity index (χ3v) is 6.44. The van der Waals surface area contributed by atoms with Crippen molar-refractivity contribution in [3.8, 4) is 23.1 Å². The van der Waals surface area contributed by atoms with Crippen LogP contribution >= 0.6 is 0 Å². The predicted molar refractivity (Wildman–Crippen MR) is 124 cm³/mol. The van der Waals surface area contributed by atoms with Crippen LogP contribution in [0.15, 0.2) is 48.9 Å². The standard InChI is InChI=1S/C25H26N6O/c1-3-32-21-7-6-18-12-20(5-4-19(18)13-21)23-22-14-27-17-28-24(22)31(29-23)16-25(15-26)8-10-30(2)11-9-25/h4-7,12-14,17H,3,8-11,16H2,1-2H3. The highest BCUT2D eigenvalue weighted by atomic mass is 16.5. The molecule has 3 heterocycles. The Bertz CT molecular complexity index is 1310. The number of hydrogen-bond acceptors (Lipinski definition) is 6. The van der Waals surface area contributed by atoms with Crippen LogP contribution in [0.4, 0.5) is 0 Å². The predicted octanol–water partition coefficient (Wildman–Crippen LogP) is 4.28. The van der Waals surface area contributed by atoms with Gasteiger partial charge >= 0.3 is 0 Å². The Balaban J connectivity index is 1.55. The van der Waals surface area contributed by atoms with Crippen LogP contribution in [0.5, 0.6) is 5.75 Å². The minimum absolute atomic E-state index is 0.424. The van der Waals surface area contributed by atoms with Crippen molar-refractivity contribution in [1.82, 2.24) is 24.6 Å². The van der Waals surface area contributed by atoms with Crippen LogP contribution in [0.1, 0.15) is 19.8 Å². The lowest BCUT2D eigenvalue weighted by atomic mass is 9.80. The van der Waals surface area contributed by atoms with E-state index in [4.69, 9.17) is 9.84 Å². The molecule has 0 radical (unpaired) electrons. The molecule has 1 aliphatic rings. The maximum atomic E-state index is 10.0. The van der Waals surface area contributed by atoms with Crippen molar-refractivity contribution in [2.75, 3.05) is 26.7 Å². The van der Waals surface area contributed by atoms with Gasteiger partial charge in [0.15, 0.2) is 5.65 Å². The van der Waals surface area contributed by atoms with E-state index in [1.54, 1.807) is 6.33 Å². The van der Waals surface area contributed by atoms with E-state index in [-0.39, 0.29) is 0 Å². The van der Waals surface area contributed by atoms with Crippen molar-refractivity contribution in [1.29, 1.82) is 5.26 Å². The minimum Gasteiger partial charge on any atom is -0.494 e. The molecule has 0 N–H and O–H groups in total. The van der Waals surface area contributed by atoms with E-state index in [1.165, 1.54) is 0 Å². The fourth-order valence-corrected chi connectivity index (χ4v) is 4.51. The monoisotopic (exact) mass is 426 g/mol. The number of hydrogen-bond donors (Lipinski definition) is 0. The zero-order chi connectivity index (χ0) is 22.1. The molecule has 162 valence electrons. The van der Waals surface area contributed by atoms with Gasteiger partial charge in [-0.1, -0.05) is 18.2 Å². The Labute approximate surface area is 187 Å². The maximum absolute atomic E-state index is 10.0. The molecule has 0 atom stereocenters. The summed E-state index contributed by atoms with van der Waals surface area (Å²) in [5.41, 5.74) is 2.20. The molecule has 5 rings (SSSR count). The molecule has 0 saturated carbocycles. The van der Waals surface area contributed by atoms with Crippen LogP contribution in [0.3, 0.4) is 0 Å². The molecular formula is C25H26N6O. The Morgan fingerprint density at radius 3 is 2.69 bits per heavy atom. The van der Waals surface area contributed by atoms with Gasteiger partial charge in [0, 0.05) is 11.8 Å². The maximum Gasteiger partial charge on any atom is 0.161 e. The molecule has 0 spiro atoms. The molecule has 0 amide bonds. The lowest BCUT2D eigenvalue weighted by Crippen LogP contribution is -2.39. The van der Waals surface area contributed by atoms with Crippen LogP contribution < -0.4 is 4.74 Å². The largest absolute Gasteiger partial charge is 0.494 e. The van der Waals surface area contributed by atoms with Crippen molar-refractivity contribution in [2.24, 2.45) is 5.41 Å². The van der Waals surface area contributed by atoms with E-state index in [0.29, 0.717) is 13.2 Å². The van der Waals surface area contributed by atoms with Crippen LogP contribution in [0.2, 0.25) is 0 Å². The molecule has 2 aromatic carbocycles. The molecule has 1 fully saturated rings. The summed E-state index contributed by atoms with van der Waals surface area (Å²) in [5.74, 6) is 0.871. The van der Waals surface area contributed by atoms with Gasteiger partial charge in [-0.3, -0.25) is 0 Å². The third kappa shape index (κ3) is 3.67. The van der Waals surface area contributed by atoms with Gasteiger partial charge in [-0.25, -0.2) is 14.6 Å². The average molecular weight is 427 g/mol. The van der Waals surface area contributed by atoms with Gasteiger partial charge in [0.1, 0.15) is 17.8 Å². The second-order valence-electron chi connectivity index (χ2n) is 8.62. The second kappa shape index (κ2) is 8.21. The normalized spacial score (nSPS) is 16.3. The minimum atomic E-state index is -0.424. The summed E-state index contributed by atoms with van der Waals surface area (Å²) >= 11 is 0. The molecule has 0 aliphatic carbocycles. The van der Waals surface area contributed by atoms with Gasteiger partial charge in [0.05, 0.1) is 30.0 Å². The summed E-state index contributed by atoms with van der Waals surface area (Å²) in [5, 5.41) is 18.1. The number of likely N-dealkylation sites (tertiary alicyclic amines) is 1. The highest BCUT2D eigenvalue weighted by Gasteiger charge is 2.35. The molecule has 0 unspecified atom stereocenters. The SMILES string of the molecule is CCOc1ccc2cc(-c3nn(CC4(C#N)CCN(C)CC4)c4ncncc34)ccc2c1. The topological polar surface area (TPSA) is 79.9 Å². The highest BCUT2D eigenvalue weighted by Crippen LogP contribution is 2.35. The third-order valence-electron chi connectivity index (χ3n) is 6.44. The molecule has 32 heavy (non-hydrogen) atoms. The second-order valence-corrected chi connectivity index (χ2v) is 8.62. The van der Waals surface area contributed by atoms with Crippen LogP contribution in [-0.2, 0) is 6.54 Å². The van der Waals surface area contributed by atoms with Gasteiger partial charge in [0.25, 0.3) is 0 Å². The lowest BCUT2D eigenvalue weighted by molar-refractivity contribution is 0.150. The van der Waals surface area contributed by atoms with Crippen molar-refractivity contribution >= 4 is 21.8 Å². The van der Waals surface area contributed by atoms with Crippen molar-refractivity contribution < 1.29 is 4.74 Å². The zero-order valence-electron chi connectivity index (χ0n) is 18.5. The van der Waals surface area contributed by atoms with E-state index in [0.717, 1.165) is 64.7 Å². The van der Waals surface area contributed by atoms with E-state index < -0.39 is 5.41 Å². The van der Waals surface area contributed by atoms with Gasteiger partial charge in [-0.05, 0) is 68.9 Å². The number of piperidine rings is 1. The Morgan fingerprint density at radius 2 is 1.91 bits per heavy atom. The molecule has 4 aromatic rings. The number of fused-ring (bicyclic) bond motifs is 2. The molecule has 0 bridgehead atoms. The first-order valence-corrected chi connectivity index (χ1v) is 11.0. The number of nitrogens with zero attached hydrogens (tertiary/aromatic N) is 6. The number of rotatable bonds is 5. The van der Waals surface area contributed by atoms with E-state index in [2.05, 4.69) is 58.3 Å². The molecule has 1 aliphatic heterocycles. The fraction of sp³-hybridized carbons (Fsp3) is 0.360.